The van der Waals surface area contributed by atoms with Crippen molar-refractivity contribution >= 4 is 26.3 Å². The van der Waals surface area contributed by atoms with E-state index >= 15 is 0 Å². The molecule has 0 atom stereocenters. The van der Waals surface area contributed by atoms with Crippen molar-refractivity contribution in [2.75, 3.05) is 12.3 Å². The SMILES string of the molecule is Cc1cn2c(CNCCS(N)(=O)=O)c(C)nc2s1. The third-order valence-corrected chi connectivity index (χ3v) is 4.27. The van der Waals surface area contributed by atoms with Crippen LogP contribution in [0.3, 0.4) is 0 Å². The molecule has 8 heteroatoms. The third kappa shape index (κ3) is 3.08. The van der Waals surface area contributed by atoms with Gasteiger partial charge in [-0.1, -0.05) is 0 Å². The minimum atomic E-state index is -3.40. The molecule has 100 valence electrons. The first kappa shape index (κ1) is 13.5. The van der Waals surface area contributed by atoms with Crippen LogP contribution >= 0.6 is 11.3 Å². The van der Waals surface area contributed by atoms with E-state index < -0.39 is 10.0 Å². The van der Waals surface area contributed by atoms with Crippen LogP contribution in [-0.2, 0) is 16.6 Å². The van der Waals surface area contributed by atoms with Gasteiger partial charge in [-0.2, -0.15) is 0 Å². The highest BCUT2D eigenvalue weighted by atomic mass is 32.2. The molecule has 0 unspecified atom stereocenters. The van der Waals surface area contributed by atoms with Gasteiger partial charge >= 0.3 is 0 Å². The maximum atomic E-state index is 10.8. The van der Waals surface area contributed by atoms with Crippen molar-refractivity contribution in [1.29, 1.82) is 0 Å². The first-order valence-corrected chi connectivity index (χ1v) is 8.05. The Hall–Kier alpha value is -0.960. The summed E-state index contributed by atoms with van der Waals surface area (Å²) >= 11 is 1.64. The van der Waals surface area contributed by atoms with Crippen LogP contribution in [0.1, 0.15) is 16.3 Å². The summed E-state index contributed by atoms with van der Waals surface area (Å²) in [4.78, 5) is 6.62. The molecular formula is C10H16N4O2S2. The first-order valence-electron chi connectivity index (χ1n) is 5.52. The van der Waals surface area contributed by atoms with Crippen molar-refractivity contribution < 1.29 is 8.42 Å². The lowest BCUT2D eigenvalue weighted by molar-refractivity contribution is 0.591. The second-order valence-electron chi connectivity index (χ2n) is 4.18. The zero-order valence-electron chi connectivity index (χ0n) is 10.3. The number of sulfonamides is 1. The molecule has 6 nitrogen and oxygen atoms in total. The zero-order chi connectivity index (χ0) is 13.3. The molecule has 0 aliphatic rings. The van der Waals surface area contributed by atoms with Gasteiger partial charge in [-0.25, -0.2) is 18.5 Å². The highest BCUT2D eigenvalue weighted by molar-refractivity contribution is 7.89. The molecule has 0 fully saturated rings. The van der Waals surface area contributed by atoms with Crippen LogP contribution in [0.4, 0.5) is 0 Å². The second-order valence-corrected chi connectivity index (χ2v) is 7.13. The molecule has 0 saturated carbocycles. The number of nitrogens with two attached hydrogens (primary N) is 1. The van der Waals surface area contributed by atoms with Crippen molar-refractivity contribution in [2.24, 2.45) is 5.14 Å². The fraction of sp³-hybridized carbons (Fsp3) is 0.500. The Balaban J connectivity index is 2.05. The molecule has 0 spiro atoms. The standard InChI is InChI=1S/C10H16N4O2S2/c1-7-6-14-9(8(2)13-10(14)17-7)5-12-3-4-18(11,15)16/h6,12H,3-5H2,1-2H3,(H2,11,15,16). The monoisotopic (exact) mass is 288 g/mol. The van der Waals surface area contributed by atoms with Crippen molar-refractivity contribution in [3.05, 3.63) is 22.5 Å². The van der Waals surface area contributed by atoms with Crippen LogP contribution in [0, 0.1) is 13.8 Å². The fourth-order valence-corrected chi connectivity index (χ4v) is 3.06. The summed E-state index contributed by atoms with van der Waals surface area (Å²) in [5.74, 6) is -0.0589. The molecular weight excluding hydrogens is 272 g/mol. The molecule has 0 bridgehead atoms. The van der Waals surface area contributed by atoms with Gasteiger partial charge in [0.15, 0.2) is 4.96 Å². The van der Waals surface area contributed by atoms with Gasteiger partial charge in [0.1, 0.15) is 0 Å². The Kier molecular flexibility index (Phi) is 3.71. The molecule has 3 N–H and O–H groups in total. The number of aromatic nitrogens is 2. The first-order chi connectivity index (χ1) is 8.37. The molecule has 0 amide bonds. The van der Waals surface area contributed by atoms with Crippen molar-refractivity contribution in [3.8, 4) is 0 Å². The molecule has 0 aliphatic heterocycles. The summed E-state index contributed by atoms with van der Waals surface area (Å²) in [5, 5.41) is 8.01. The van der Waals surface area contributed by atoms with Crippen LogP contribution < -0.4 is 10.5 Å². The summed E-state index contributed by atoms with van der Waals surface area (Å²) in [5.41, 5.74) is 2.02. The van der Waals surface area contributed by atoms with E-state index in [4.69, 9.17) is 5.14 Å². The van der Waals surface area contributed by atoms with Gasteiger partial charge in [-0.05, 0) is 13.8 Å². The smallest absolute Gasteiger partial charge is 0.210 e. The van der Waals surface area contributed by atoms with Gasteiger partial charge in [0.2, 0.25) is 10.0 Å². The van der Waals surface area contributed by atoms with Gasteiger partial charge in [0, 0.05) is 24.2 Å². The normalized spacial score (nSPS) is 12.4. The van der Waals surface area contributed by atoms with Crippen molar-refractivity contribution in [3.63, 3.8) is 0 Å². The van der Waals surface area contributed by atoms with Crippen LogP contribution in [0.2, 0.25) is 0 Å². The minimum Gasteiger partial charge on any atom is -0.310 e. The van der Waals surface area contributed by atoms with Gasteiger partial charge in [0.05, 0.1) is 17.1 Å². The van der Waals surface area contributed by atoms with Crippen LogP contribution in [-0.4, -0.2) is 30.1 Å². The van der Waals surface area contributed by atoms with Gasteiger partial charge < -0.3 is 5.32 Å². The molecule has 18 heavy (non-hydrogen) atoms. The summed E-state index contributed by atoms with van der Waals surface area (Å²) in [6.45, 7) is 4.91. The van der Waals surface area contributed by atoms with Crippen molar-refractivity contribution in [1.82, 2.24) is 14.7 Å². The van der Waals surface area contributed by atoms with Crippen LogP contribution in [0.25, 0.3) is 4.96 Å². The van der Waals surface area contributed by atoms with E-state index in [1.54, 1.807) is 11.3 Å². The van der Waals surface area contributed by atoms with E-state index in [1.165, 1.54) is 4.88 Å². The predicted octanol–water partition coefficient (Wildman–Crippen LogP) is 0.391. The Morgan fingerprint density at radius 3 is 2.89 bits per heavy atom. The average Bonchev–Trinajstić information content (AvgIpc) is 2.68. The van der Waals surface area contributed by atoms with Gasteiger partial charge in [-0.15, -0.1) is 11.3 Å². The molecule has 0 aliphatic carbocycles. The molecule has 0 radical (unpaired) electrons. The molecule has 2 rings (SSSR count). The molecule has 0 aromatic carbocycles. The lowest BCUT2D eigenvalue weighted by Crippen LogP contribution is -2.27. The molecule has 0 saturated heterocycles. The second kappa shape index (κ2) is 4.96. The van der Waals surface area contributed by atoms with E-state index in [0.29, 0.717) is 13.1 Å². The Bertz CT molecular complexity index is 657. The van der Waals surface area contributed by atoms with E-state index in [2.05, 4.69) is 10.3 Å². The summed E-state index contributed by atoms with van der Waals surface area (Å²) in [6.07, 6.45) is 2.04. The van der Waals surface area contributed by atoms with E-state index in [0.717, 1.165) is 16.3 Å². The number of imidazole rings is 1. The maximum absolute atomic E-state index is 10.8. The van der Waals surface area contributed by atoms with E-state index in [9.17, 15) is 8.42 Å². The highest BCUT2D eigenvalue weighted by Crippen LogP contribution is 2.20. The number of hydrogen-bond acceptors (Lipinski definition) is 5. The number of rotatable bonds is 5. The van der Waals surface area contributed by atoms with E-state index in [1.807, 2.05) is 24.4 Å². The zero-order valence-corrected chi connectivity index (χ0v) is 11.9. The third-order valence-electron chi connectivity index (χ3n) is 2.60. The van der Waals surface area contributed by atoms with Gasteiger partial charge in [-0.3, -0.25) is 4.40 Å². The van der Waals surface area contributed by atoms with Crippen molar-refractivity contribution in [2.45, 2.75) is 20.4 Å². The Labute approximate surface area is 110 Å². The number of primary sulfonamides is 1. The van der Waals surface area contributed by atoms with Gasteiger partial charge in [0.25, 0.3) is 0 Å². The number of nitrogens with one attached hydrogen (secondary N) is 1. The maximum Gasteiger partial charge on any atom is 0.210 e. The molecule has 2 aromatic rings. The number of thiazole rings is 1. The number of fused-ring (bicyclic) bond motifs is 1. The quantitative estimate of drug-likeness (QED) is 0.779. The summed E-state index contributed by atoms with van der Waals surface area (Å²) < 4.78 is 23.6. The Morgan fingerprint density at radius 1 is 1.50 bits per heavy atom. The largest absolute Gasteiger partial charge is 0.310 e. The topological polar surface area (TPSA) is 89.5 Å². The summed E-state index contributed by atoms with van der Waals surface area (Å²) in [6, 6.07) is 0. The minimum absolute atomic E-state index is 0.0589. The summed E-state index contributed by atoms with van der Waals surface area (Å²) in [7, 11) is -3.40. The molecule has 2 aromatic heterocycles. The number of aryl methyl sites for hydroxylation is 2. The van der Waals surface area contributed by atoms with Crippen LogP contribution in [0.5, 0.6) is 0 Å². The lowest BCUT2D eigenvalue weighted by Gasteiger charge is -2.04. The molecule has 2 heterocycles. The highest BCUT2D eigenvalue weighted by Gasteiger charge is 2.10. The average molecular weight is 288 g/mol. The Morgan fingerprint density at radius 2 is 2.22 bits per heavy atom. The van der Waals surface area contributed by atoms with E-state index in [-0.39, 0.29) is 5.75 Å². The lowest BCUT2D eigenvalue weighted by atomic mass is 10.3. The predicted molar refractivity (Wildman–Crippen MR) is 72.2 cm³/mol. The number of hydrogen-bond donors (Lipinski definition) is 2. The fourth-order valence-electron chi connectivity index (χ4n) is 1.74. The van der Waals surface area contributed by atoms with Crippen LogP contribution in [0.15, 0.2) is 6.20 Å². The number of nitrogens with zero attached hydrogens (tertiary/aromatic N) is 2.